The Morgan fingerprint density at radius 1 is 1.00 bits per heavy atom. The molecule has 0 atom stereocenters. The van der Waals surface area contributed by atoms with Crippen molar-refractivity contribution in [2.75, 3.05) is 5.32 Å². The first-order chi connectivity index (χ1) is 14.5. The molecule has 0 saturated heterocycles. The van der Waals surface area contributed by atoms with E-state index in [1.165, 1.54) is 6.20 Å². The van der Waals surface area contributed by atoms with Gasteiger partial charge >= 0.3 is 0 Å². The lowest BCUT2D eigenvalue weighted by Gasteiger charge is -2.07. The standard InChI is InChI=1S/C22H19N7O/c1-13-12-16(14(2)28(13)3)19-26-20-15-8-4-5-9-17(15)24-22(29(20)27-19)25-18-10-6-7-11-23-21(18)30/h4-12H,1-3H3,(H,23,24,25,30). The second-order valence-corrected chi connectivity index (χ2v) is 7.14. The Kier molecular flexibility index (Phi) is 4.06. The van der Waals surface area contributed by atoms with E-state index >= 15 is 0 Å². The van der Waals surface area contributed by atoms with Crippen molar-refractivity contribution >= 4 is 28.2 Å². The SMILES string of the molecule is Cc1cc(-c2nc3c4ccccc4nc(Nc4ccccnc4=O)n3n2)c(C)n1C. The van der Waals surface area contributed by atoms with Crippen LogP contribution in [0.15, 0.2) is 59.5 Å². The molecule has 5 rings (SSSR count). The molecule has 30 heavy (non-hydrogen) atoms. The number of para-hydroxylation sites is 1. The summed E-state index contributed by atoms with van der Waals surface area (Å²) in [5.41, 5.74) is 4.53. The quantitative estimate of drug-likeness (QED) is 0.502. The molecule has 4 aromatic heterocycles. The Balaban J connectivity index is 1.78. The molecule has 0 radical (unpaired) electrons. The molecule has 0 amide bonds. The van der Waals surface area contributed by atoms with Gasteiger partial charge in [-0.05, 0) is 44.2 Å². The number of nitrogens with zero attached hydrogens (tertiary/aromatic N) is 6. The van der Waals surface area contributed by atoms with Gasteiger partial charge < -0.3 is 9.88 Å². The van der Waals surface area contributed by atoms with Crippen molar-refractivity contribution in [3.05, 3.63) is 76.5 Å². The average molecular weight is 397 g/mol. The van der Waals surface area contributed by atoms with E-state index in [2.05, 4.69) is 32.8 Å². The van der Waals surface area contributed by atoms with Gasteiger partial charge in [0.15, 0.2) is 11.5 Å². The Labute approximate surface area is 171 Å². The van der Waals surface area contributed by atoms with Crippen LogP contribution < -0.4 is 10.9 Å². The number of anilines is 2. The van der Waals surface area contributed by atoms with Gasteiger partial charge in [0.25, 0.3) is 5.56 Å². The summed E-state index contributed by atoms with van der Waals surface area (Å²) < 4.78 is 3.75. The molecule has 0 fully saturated rings. The van der Waals surface area contributed by atoms with Gasteiger partial charge in [-0.3, -0.25) is 4.79 Å². The van der Waals surface area contributed by atoms with Crippen LogP contribution in [0.3, 0.4) is 0 Å². The van der Waals surface area contributed by atoms with Crippen LogP contribution in [0.4, 0.5) is 11.6 Å². The number of nitrogens with one attached hydrogen (secondary N) is 1. The van der Waals surface area contributed by atoms with E-state index in [1.54, 1.807) is 22.7 Å². The number of aromatic nitrogens is 6. The molecule has 0 unspecified atom stereocenters. The summed E-state index contributed by atoms with van der Waals surface area (Å²) in [5, 5.41) is 8.71. The summed E-state index contributed by atoms with van der Waals surface area (Å²) in [6.07, 6.45) is 1.46. The first-order valence-electron chi connectivity index (χ1n) is 9.54. The number of benzene rings is 1. The summed E-state index contributed by atoms with van der Waals surface area (Å²) in [6, 6.07) is 14.9. The van der Waals surface area contributed by atoms with E-state index in [9.17, 15) is 4.79 Å². The van der Waals surface area contributed by atoms with Crippen molar-refractivity contribution in [2.24, 2.45) is 7.05 Å². The summed E-state index contributed by atoms with van der Waals surface area (Å²) in [5.74, 6) is 1.01. The van der Waals surface area contributed by atoms with Crippen molar-refractivity contribution < 1.29 is 0 Å². The minimum atomic E-state index is -0.377. The lowest BCUT2D eigenvalue weighted by atomic mass is 10.2. The van der Waals surface area contributed by atoms with Crippen molar-refractivity contribution in [3.8, 4) is 11.4 Å². The molecule has 148 valence electrons. The summed E-state index contributed by atoms with van der Waals surface area (Å²) in [7, 11) is 2.02. The molecule has 0 saturated carbocycles. The Hall–Kier alpha value is -4.07. The first kappa shape index (κ1) is 18.0. The largest absolute Gasteiger partial charge is 0.351 e. The fourth-order valence-electron chi connectivity index (χ4n) is 3.50. The van der Waals surface area contributed by atoms with E-state index in [-0.39, 0.29) is 5.56 Å². The van der Waals surface area contributed by atoms with Crippen molar-refractivity contribution in [1.29, 1.82) is 0 Å². The van der Waals surface area contributed by atoms with E-state index in [4.69, 9.17) is 10.1 Å². The zero-order chi connectivity index (χ0) is 20.8. The third-order valence-electron chi connectivity index (χ3n) is 5.32. The van der Waals surface area contributed by atoms with Crippen LogP contribution >= 0.6 is 0 Å². The molecular formula is C22H19N7O. The summed E-state index contributed by atoms with van der Waals surface area (Å²) in [6.45, 7) is 4.09. The van der Waals surface area contributed by atoms with Gasteiger partial charge in [0, 0.05) is 35.6 Å². The third-order valence-corrected chi connectivity index (χ3v) is 5.32. The van der Waals surface area contributed by atoms with Gasteiger partial charge in [0.05, 0.1) is 5.52 Å². The highest BCUT2D eigenvalue weighted by Crippen LogP contribution is 2.28. The topological polar surface area (TPSA) is 90.0 Å². The Morgan fingerprint density at radius 3 is 2.60 bits per heavy atom. The predicted molar refractivity (Wildman–Crippen MR) is 116 cm³/mol. The maximum absolute atomic E-state index is 12.3. The smallest absolute Gasteiger partial charge is 0.293 e. The van der Waals surface area contributed by atoms with Crippen LogP contribution in [-0.4, -0.2) is 29.1 Å². The molecule has 1 N–H and O–H groups in total. The maximum Gasteiger partial charge on any atom is 0.293 e. The molecule has 0 spiro atoms. The molecule has 0 aliphatic carbocycles. The lowest BCUT2D eigenvalue weighted by Crippen LogP contribution is -2.11. The van der Waals surface area contributed by atoms with E-state index in [1.807, 2.05) is 38.2 Å². The van der Waals surface area contributed by atoms with Crippen molar-refractivity contribution in [1.82, 2.24) is 29.1 Å². The van der Waals surface area contributed by atoms with E-state index < -0.39 is 0 Å². The number of hydrogen-bond donors (Lipinski definition) is 1. The fourth-order valence-corrected chi connectivity index (χ4v) is 3.50. The Morgan fingerprint density at radius 2 is 1.80 bits per heavy atom. The number of aryl methyl sites for hydroxylation is 1. The van der Waals surface area contributed by atoms with Crippen LogP contribution in [0, 0.1) is 13.8 Å². The third kappa shape index (κ3) is 2.81. The van der Waals surface area contributed by atoms with Crippen molar-refractivity contribution in [2.45, 2.75) is 13.8 Å². The van der Waals surface area contributed by atoms with Gasteiger partial charge in [-0.1, -0.05) is 18.2 Å². The zero-order valence-corrected chi connectivity index (χ0v) is 16.8. The first-order valence-corrected chi connectivity index (χ1v) is 9.54. The number of hydrogen-bond acceptors (Lipinski definition) is 6. The fraction of sp³-hybridized carbons (Fsp3) is 0.136. The molecule has 8 heteroatoms. The van der Waals surface area contributed by atoms with Gasteiger partial charge in [-0.15, -0.1) is 5.10 Å². The molecule has 0 bridgehead atoms. The highest BCUT2D eigenvalue weighted by atomic mass is 16.1. The van der Waals surface area contributed by atoms with Gasteiger partial charge in [-0.2, -0.15) is 4.52 Å². The second-order valence-electron chi connectivity index (χ2n) is 7.14. The van der Waals surface area contributed by atoms with Crippen LogP contribution in [-0.2, 0) is 7.05 Å². The number of fused-ring (bicyclic) bond motifs is 3. The normalized spacial score (nSPS) is 11.3. The van der Waals surface area contributed by atoms with Crippen LogP contribution in [0.25, 0.3) is 27.9 Å². The van der Waals surface area contributed by atoms with E-state index in [0.717, 1.165) is 27.9 Å². The summed E-state index contributed by atoms with van der Waals surface area (Å²) >= 11 is 0. The molecule has 0 aliphatic rings. The van der Waals surface area contributed by atoms with Crippen LogP contribution in [0.2, 0.25) is 0 Å². The average Bonchev–Trinajstić information content (AvgIpc) is 3.22. The molecular weight excluding hydrogens is 378 g/mol. The van der Waals surface area contributed by atoms with Gasteiger partial charge in [0.1, 0.15) is 5.69 Å². The van der Waals surface area contributed by atoms with Crippen molar-refractivity contribution in [3.63, 3.8) is 0 Å². The molecule has 4 heterocycles. The lowest BCUT2D eigenvalue weighted by molar-refractivity contribution is 0.844. The minimum absolute atomic E-state index is 0.313. The van der Waals surface area contributed by atoms with Gasteiger partial charge in [0.2, 0.25) is 5.95 Å². The highest BCUT2D eigenvalue weighted by Gasteiger charge is 2.18. The highest BCUT2D eigenvalue weighted by molar-refractivity contribution is 5.93. The molecule has 1 aromatic carbocycles. The minimum Gasteiger partial charge on any atom is -0.351 e. The molecule has 8 nitrogen and oxygen atoms in total. The second kappa shape index (κ2) is 6.77. The van der Waals surface area contributed by atoms with Gasteiger partial charge in [-0.25, -0.2) is 15.0 Å². The van der Waals surface area contributed by atoms with E-state index in [0.29, 0.717) is 23.1 Å². The van der Waals surface area contributed by atoms with Crippen LogP contribution in [0.1, 0.15) is 11.4 Å². The predicted octanol–water partition coefficient (Wildman–Crippen LogP) is 3.40. The molecule has 0 aliphatic heterocycles. The summed E-state index contributed by atoms with van der Waals surface area (Å²) in [4.78, 5) is 25.7. The maximum atomic E-state index is 12.3. The molecule has 5 aromatic rings. The number of rotatable bonds is 3. The Bertz CT molecular complexity index is 1480. The zero-order valence-electron chi connectivity index (χ0n) is 16.8. The monoisotopic (exact) mass is 397 g/mol. The van der Waals surface area contributed by atoms with Crippen LogP contribution in [0.5, 0.6) is 0 Å².